The molecule has 5 N–H and O–H groups in total. The summed E-state index contributed by atoms with van der Waals surface area (Å²) in [7, 11) is 2.20. The summed E-state index contributed by atoms with van der Waals surface area (Å²) in [5, 5.41) is 17.3. The first-order valence-corrected chi connectivity index (χ1v) is 15.4. The van der Waals surface area contributed by atoms with E-state index in [0.29, 0.717) is 42.1 Å². The highest BCUT2D eigenvalue weighted by atomic mass is 19.1. The number of likely N-dealkylation sites (N-methyl/N-ethyl adjacent to an activating group) is 1. The normalized spacial score (nSPS) is 20.2. The topological polar surface area (TPSA) is 115 Å². The SMILES string of the molecule is CN1CCN(C2CCN(c3ccc(Nc4nc(NC5CCOCC5)c(-c5cccc(F)c5)nc4C(N)O)cc3)CC2)CC1. The number of aromatic nitrogens is 2. The molecule has 230 valence electrons. The van der Waals surface area contributed by atoms with Gasteiger partial charge in [0.05, 0.1) is 0 Å². The van der Waals surface area contributed by atoms with Crippen LogP contribution in [0.5, 0.6) is 0 Å². The maximum Gasteiger partial charge on any atom is 0.158 e. The van der Waals surface area contributed by atoms with Crippen LogP contribution in [0.15, 0.2) is 48.5 Å². The monoisotopic (exact) mass is 590 g/mol. The molecule has 43 heavy (non-hydrogen) atoms. The first-order valence-electron chi connectivity index (χ1n) is 15.4. The second-order valence-corrected chi connectivity index (χ2v) is 11.9. The Balaban J connectivity index is 1.19. The van der Waals surface area contributed by atoms with Crippen molar-refractivity contribution in [3.05, 3.63) is 60.0 Å². The largest absolute Gasteiger partial charge is 0.381 e. The van der Waals surface area contributed by atoms with Gasteiger partial charge in [0, 0.05) is 81.5 Å². The van der Waals surface area contributed by atoms with Crippen molar-refractivity contribution in [3.63, 3.8) is 0 Å². The Morgan fingerprint density at radius 2 is 1.65 bits per heavy atom. The number of hydrogen-bond donors (Lipinski definition) is 4. The lowest BCUT2D eigenvalue weighted by Gasteiger charge is -2.42. The molecule has 0 bridgehead atoms. The molecular weight excluding hydrogens is 547 g/mol. The minimum Gasteiger partial charge on any atom is -0.381 e. The molecule has 0 amide bonds. The van der Waals surface area contributed by atoms with Crippen LogP contribution < -0.4 is 21.3 Å². The molecule has 4 heterocycles. The number of anilines is 4. The van der Waals surface area contributed by atoms with E-state index in [1.807, 2.05) is 12.1 Å². The van der Waals surface area contributed by atoms with Gasteiger partial charge in [0.2, 0.25) is 0 Å². The minimum atomic E-state index is -1.37. The summed E-state index contributed by atoms with van der Waals surface area (Å²) in [4.78, 5) is 17.1. The van der Waals surface area contributed by atoms with Crippen molar-refractivity contribution in [2.45, 2.75) is 44.0 Å². The number of nitrogens with zero attached hydrogens (tertiary/aromatic N) is 5. The number of hydrogen-bond acceptors (Lipinski definition) is 10. The van der Waals surface area contributed by atoms with Crippen LogP contribution in [0.4, 0.5) is 27.4 Å². The van der Waals surface area contributed by atoms with E-state index in [2.05, 4.69) is 44.5 Å². The third kappa shape index (κ3) is 7.25. The number of aliphatic hydroxyl groups is 1. The lowest BCUT2D eigenvalue weighted by atomic mass is 10.0. The lowest BCUT2D eigenvalue weighted by Crippen LogP contribution is -2.52. The Hall–Kier alpha value is -3.35. The fraction of sp³-hybridized carbons (Fsp3) is 0.500. The number of piperidine rings is 1. The number of rotatable bonds is 8. The number of aliphatic hydroxyl groups excluding tert-OH is 1. The Morgan fingerprint density at radius 1 is 0.930 bits per heavy atom. The van der Waals surface area contributed by atoms with Crippen molar-refractivity contribution in [2.75, 3.05) is 75.1 Å². The zero-order valence-electron chi connectivity index (χ0n) is 24.9. The van der Waals surface area contributed by atoms with Crippen molar-refractivity contribution in [3.8, 4) is 11.3 Å². The van der Waals surface area contributed by atoms with Gasteiger partial charge in [-0.25, -0.2) is 14.4 Å². The molecule has 3 aliphatic rings. The molecule has 1 unspecified atom stereocenters. The van der Waals surface area contributed by atoms with E-state index in [0.717, 1.165) is 44.7 Å². The van der Waals surface area contributed by atoms with Crippen LogP contribution in [0, 0.1) is 5.82 Å². The van der Waals surface area contributed by atoms with E-state index in [-0.39, 0.29) is 17.6 Å². The van der Waals surface area contributed by atoms with Gasteiger partial charge in [-0.3, -0.25) is 4.90 Å². The Labute approximate surface area is 253 Å². The molecule has 1 aromatic heterocycles. The number of ether oxygens (including phenoxy) is 1. The zero-order valence-corrected chi connectivity index (χ0v) is 24.9. The Kier molecular flexibility index (Phi) is 9.34. The molecule has 6 rings (SSSR count). The third-order valence-corrected chi connectivity index (χ3v) is 8.88. The Bertz CT molecular complexity index is 1350. The van der Waals surface area contributed by atoms with E-state index < -0.39 is 6.23 Å². The maximum absolute atomic E-state index is 14.2. The molecule has 3 aromatic rings. The van der Waals surface area contributed by atoms with E-state index in [4.69, 9.17) is 20.4 Å². The van der Waals surface area contributed by atoms with Gasteiger partial charge in [0.1, 0.15) is 23.4 Å². The fourth-order valence-electron chi connectivity index (χ4n) is 6.29. The highest BCUT2D eigenvalue weighted by Crippen LogP contribution is 2.33. The summed E-state index contributed by atoms with van der Waals surface area (Å²) < 4.78 is 19.7. The molecular formula is C32H43FN8O2. The Morgan fingerprint density at radius 3 is 2.33 bits per heavy atom. The highest BCUT2D eigenvalue weighted by molar-refractivity contribution is 5.75. The first kappa shape index (κ1) is 29.7. The number of piperazine rings is 1. The maximum atomic E-state index is 14.2. The van der Waals surface area contributed by atoms with Crippen LogP contribution >= 0.6 is 0 Å². The van der Waals surface area contributed by atoms with Crippen molar-refractivity contribution in [1.82, 2.24) is 19.8 Å². The lowest BCUT2D eigenvalue weighted by molar-refractivity contribution is 0.0904. The van der Waals surface area contributed by atoms with Crippen molar-refractivity contribution in [1.29, 1.82) is 0 Å². The second kappa shape index (κ2) is 13.5. The van der Waals surface area contributed by atoms with Gasteiger partial charge in [-0.1, -0.05) is 12.1 Å². The van der Waals surface area contributed by atoms with Gasteiger partial charge in [0.15, 0.2) is 11.6 Å². The molecule has 0 spiro atoms. The van der Waals surface area contributed by atoms with Gasteiger partial charge >= 0.3 is 0 Å². The molecule has 2 aromatic carbocycles. The summed E-state index contributed by atoms with van der Waals surface area (Å²) in [5.41, 5.74) is 9.14. The standard InChI is InChI=1S/C32H43FN8O2/c1-39-15-17-41(18-16-39)27-9-13-40(14-10-27)26-7-5-24(6-8-26)35-32-29(30(34)42)37-28(22-3-2-4-23(33)21-22)31(38-32)36-25-11-19-43-20-12-25/h2-8,21,25,27,30,42H,9-20,34H2,1H3,(H2,35,36,38). The van der Waals surface area contributed by atoms with Crippen LogP contribution in [0.25, 0.3) is 11.3 Å². The number of benzene rings is 2. The van der Waals surface area contributed by atoms with Crippen LogP contribution in [-0.2, 0) is 4.74 Å². The highest BCUT2D eigenvalue weighted by Gasteiger charge is 2.27. The molecule has 0 saturated carbocycles. The van der Waals surface area contributed by atoms with Crippen LogP contribution in [-0.4, -0.2) is 96.5 Å². The van der Waals surface area contributed by atoms with E-state index in [1.54, 1.807) is 12.1 Å². The summed E-state index contributed by atoms with van der Waals surface area (Å²) in [6.45, 7) is 8.04. The number of nitrogens with two attached hydrogens (primary N) is 1. The van der Waals surface area contributed by atoms with E-state index >= 15 is 0 Å². The molecule has 0 radical (unpaired) electrons. The second-order valence-electron chi connectivity index (χ2n) is 11.9. The van der Waals surface area contributed by atoms with Crippen LogP contribution in [0.2, 0.25) is 0 Å². The number of halogens is 1. The van der Waals surface area contributed by atoms with Gasteiger partial charge in [-0.2, -0.15) is 0 Å². The van der Waals surface area contributed by atoms with Gasteiger partial charge in [0.25, 0.3) is 0 Å². The first-order chi connectivity index (χ1) is 20.9. The van der Waals surface area contributed by atoms with Crippen molar-refractivity contribution >= 4 is 23.0 Å². The van der Waals surface area contributed by atoms with E-state index in [1.165, 1.54) is 43.8 Å². The quantitative estimate of drug-likeness (QED) is 0.289. The average Bonchev–Trinajstić information content (AvgIpc) is 3.02. The van der Waals surface area contributed by atoms with Gasteiger partial charge < -0.3 is 36.0 Å². The zero-order chi connectivity index (χ0) is 29.8. The molecule has 3 fully saturated rings. The van der Waals surface area contributed by atoms with Crippen LogP contribution in [0.3, 0.4) is 0 Å². The van der Waals surface area contributed by atoms with Crippen molar-refractivity contribution in [2.24, 2.45) is 5.73 Å². The predicted molar refractivity (Wildman–Crippen MR) is 168 cm³/mol. The molecule has 0 aliphatic carbocycles. The van der Waals surface area contributed by atoms with Crippen molar-refractivity contribution < 1.29 is 14.2 Å². The van der Waals surface area contributed by atoms with Gasteiger partial charge in [-0.05, 0) is 69.1 Å². The number of nitrogens with one attached hydrogen (secondary N) is 2. The molecule has 10 nitrogen and oxygen atoms in total. The summed E-state index contributed by atoms with van der Waals surface area (Å²) >= 11 is 0. The predicted octanol–water partition coefficient (Wildman–Crippen LogP) is 3.78. The molecule has 1 atom stereocenters. The third-order valence-electron chi connectivity index (χ3n) is 8.88. The summed E-state index contributed by atoms with van der Waals surface area (Å²) in [6.07, 6.45) is 2.63. The molecule has 11 heteroatoms. The van der Waals surface area contributed by atoms with Gasteiger partial charge in [-0.15, -0.1) is 0 Å². The minimum absolute atomic E-state index is 0.136. The summed E-state index contributed by atoms with van der Waals surface area (Å²) in [6, 6.07) is 15.3. The van der Waals surface area contributed by atoms with Crippen LogP contribution in [0.1, 0.15) is 37.6 Å². The average molecular weight is 591 g/mol. The summed E-state index contributed by atoms with van der Waals surface area (Å²) in [5.74, 6) is 0.478. The fourth-order valence-corrected chi connectivity index (χ4v) is 6.29. The molecule has 3 aliphatic heterocycles. The van der Waals surface area contributed by atoms with E-state index in [9.17, 15) is 9.50 Å². The smallest absolute Gasteiger partial charge is 0.158 e. The molecule has 3 saturated heterocycles.